The molecule has 1 aromatic carbocycles. The van der Waals surface area contributed by atoms with Crippen molar-refractivity contribution < 1.29 is 0 Å². The lowest BCUT2D eigenvalue weighted by atomic mass is 9.89. The Labute approximate surface area is 125 Å². The summed E-state index contributed by atoms with van der Waals surface area (Å²) in [4.78, 5) is 4.59. The maximum atomic E-state index is 4.59. The highest BCUT2D eigenvalue weighted by Gasteiger charge is 2.37. The molecular formula is C17H22N2S. The molecule has 0 amide bonds. The third-order valence-electron chi connectivity index (χ3n) is 4.33. The number of pyridine rings is 1. The molecule has 1 aliphatic heterocycles. The Kier molecular flexibility index (Phi) is 3.74. The summed E-state index contributed by atoms with van der Waals surface area (Å²) in [7, 11) is 2.08. The lowest BCUT2D eigenvalue weighted by Crippen LogP contribution is -2.35. The van der Waals surface area contributed by atoms with Gasteiger partial charge in [-0.05, 0) is 63.3 Å². The van der Waals surface area contributed by atoms with Gasteiger partial charge in [0, 0.05) is 21.9 Å². The SMILES string of the molecule is CNC(c1ccc2nc(C)ccc2c1)C1(C)CCCS1. The van der Waals surface area contributed by atoms with Crippen LogP contribution in [0.3, 0.4) is 0 Å². The summed E-state index contributed by atoms with van der Waals surface area (Å²) in [5, 5.41) is 4.77. The van der Waals surface area contributed by atoms with Crippen LogP contribution in [0.15, 0.2) is 30.3 Å². The number of benzene rings is 1. The topological polar surface area (TPSA) is 24.9 Å². The quantitative estimate of drug-likeness (QED) is 0.920. The number of aromatic nitrogens is 1. The van der Waals surface area contributed by atoms with E-state index in [1.807, 2.05) is 6.92 Å². The molecule has 1 N–H and O–H groups in total. The molecule has 0 bridgehead atoms. The first-order valence-electron chi connectivity index (χ1n) is 7.31. The molecule has 1 saturated heterocycles. The summed E-state index contributed by atoms with van der Waals surface area (Å²) in [6.07, 6.45) is 2.61. The Morgan fingerprint density at radius 3 is 2.85 bits per heavy atom. The largest absolute Gasteiger partial charge is 0.312 e. The number of rotatable bonds is 3. The van der Waals surface area contributed by atoms with E-state index >= 15 is 0 Å². The van der Waals surface area contributed by atoms with Gasteiger partial charge in [0.2, 0.25) is 0 Å². The second-order valence-corrected chi connectivity index (χ2v) is 7.52. The molecule has 0 spiro atoms. The smallest absolute Gasteiger partial charge is 0.0705 e. The van der Waals surface area contributed by atoms with E-state index in [9.17, 15) is 0 Å². The molecule has 1 fully saturated rings. The number of hydrogen-bond acceptors (Lipinski definition) is 3. The van der Waals surface area contributed by atoms with Crippen molar-refractivity contribution in [2.75, 3.05) is 12.8 Å². The van der Waals surface area contributed by atoms with E-state index in [1.54, 1.807) is 0 Å². The molecule has 106 valence electrons. The van der Waals surface area contributed by atoms with Crippen LogP contribution in [0.25, 0.3) is 10.9 Å². The molecule has 2 atom stereocenters. The number of fused-ring (bicyclic) bond motifs is 1. The maximum absolute atomic E-state index is 4.59. The van der Waals surface area contributed by atoms with E-state index in [2.05, 4.69) is 66.4 Å². The fourth-order valence-corrected chi connectivity index (χ4v) is 4.74. The minimum absolute atomic E-state index is 0.306. The molecule has 2 unspecified atom stereocenters. The van der Waals surface area contributed by atoms with E-state index in [0.29, 0.717) is 10.8 Å². The van der Waals surface area contributed by atoms with Crippen LogP contribution < -0.4 is 5.32 Å². The summed E-state index contributed by atoms with van der Waals surface area (Å²) in [6.45, 7) is 4.43. The van der Waals surface area contributed by atoms with Gasteiger partial charge in [-0.3, -0.25) is 4.98 Å². The summed E-state index contributed by atoms with van der Waals surface area (Å²) < 4.78 is 0.306. The van der Waals surface area contributed by atoms with Crippen LogP contribution in [0.1, 0.15) is 37.1 Å². The second-order valence-electron chi connectivity index (χ2n) is 5.89. The first kappa shape index (κ1) is 13.9. The molecule has 0 aliphatic carbocycles. The molecule has 0 saturated carbocycles. The predicted molar refractivity (Wildman–Crippen MR) is 88.4 cm³/mol. The minimum Gasteiger partial charge on any atom is -0.312 e. The minimum atomic E-state index is 0.306. The van der Waals surface area contributed by atoms with E-state index in [-0.39, 0.29) is 0 Å². The second kappa shape index (κ2) is 5.38. The van der Waals surface area contributed by atoms with Gasteiger partial charge in [0.1, 0.15) is 0 Å². The molecular weight excluding hydrogens is 264 g/mol. The van der Waals surface area contributed by atoms with Crippen molar-refractivity contribution >= 4 is 22.7 Å². The molecule has 3 rings (SSSR count). The summed E-state index contributed by atoms with van der Waals surface area (Å²) in [6, 6.07) is 11.4. The third kappa shape index (κ3) is 2.45. The van der Waals surface area contributed by atoms with Crippen LogP contribution in [-0.4, -0.2) is 22.5 Å². The Bertz CT molecular complexity index is 617. The Balaban J connectivity index is 2.01. The van der Waals surface area contributed by atoms with Crippen molar-refractivity contribution in [3.63, 3.8) is 0 Å². The van der Waals surface area contributed by atoms with E-state index in [4.69, 9.17) is 0 Å². The molecule has 1 aromatic heterocycles. The van der Waals surface area contributed by atoms with E-state index < -0.39 is 0 Å². The average Bonchev–Trinajstić information content (AvgIpc) is 2.87. The number of nitrogens with zero attached hydrogens (tertiary/aromatic N) is 1. The van der Waals surface area contributed by atoms with Gasteiger partial charge < -0.3 is 5.32 Å². The Morgan fingerprint density at radius 2 is 2.15 bits per heavy atom. The first-order valence-corrected chi connectivity index (χ1v) is 8.29. The highest BCUT2D eigenvalue weighted by molar-refractivity contribution is 8.00. The highest BCUT2D eigenvalue weighted by Crippen LogP contribution is 2.46. The van der Waals surface area contributed by atoms with Crippen molar-refractivity contribution in [1.82, 2.24) is 10.3 Å². The highest BCUT2D eigenvalue weighted by atomic mass is 32.2. The third-order valence-corrected chi connectivity index (χ3v) is 5.93. The van der Waals surface area contributed by atoms with Crippen molar-refractivity contribution in [3.05, 3.63) is 41.6 Å². The summed E-state index contributed by atoms with van der Waals surface area (Å²) in [5.74, 6) is 1.28. The lowest BCUT2D eigenvalue weighted by molar-refractivity contribution is 0.441. The zero-order valence-corrected chi connectivity index (χ0v) is 13.3. The van der Waals surface area contributed by atoms with Crippen molar-refractivity contribution in [2.24, 2.45) is 0 Å². The van der Waals surface area contributed by atoms with E-state index in [0.717, 1.165) is 11.2 Å². The van der Waals surface area contributed by atoms with Crippen molar-refractivity contribution in [3.8, 4) is 0 Å². The number of thioether (sulfide) groups is 1. The lowest BCUT2D eigenvalue weighted by Gasteiger charge is -2.33. The molecule has 0 radical (unpaired) electrons. The molecule has 2 nitrogen and oxygen atoms in total. The van der Waals surface area contributed by atoms with Crippen LogP contribution >= 0.6 is 11.8 Å². The van der Waals surface area contributed by atoms with Crippen molar-refractivity contribution in [1.29, 1.82) is 0 Å². The summed E-state index contributed by atoms with van der Waals surface area (Å²) >= 11 is 2.10. The van der Waals surface area contributed by atoms with Crippen LogP contribution in [0.4, 0.5) is 0 Å². The molecule has 3 heteroatoms. The molecule has 20 heavy (non-hydrogen) atoms. The van der Waals surface area contributed by atoms with Gasteiger partial charge in [0.05, 0.1) is 5.52 Å². The van der Waals surface area contributed by atoms with Gasteiger partial charge in [0.15, 0.2) is 0 Å². The van der Waals surface area contributed by atoms with Crippen LogP contribution in [0, 0.1) is 6.92 Å². The monoisotopic (exact) mass is 286 g/mol. The van der Waals surface area contributed by atoms with Gasteiger partial charge in [-0.2, -0.15) is 11.8 Å². The number of aryl methyl sites for hydroxylation is 1. The predicted octanol–water partition coefficient (Wildman–Crippen LogP) is 4.09. The fourth-order valence-electron chi connectivity index (χ4n) is 3.28. The van der Waals surface area contributed by atoms with Gasteiger partial charge in [0.25, 0.3) is 0 Å². The van der Waals surface area contributed by atoms with Gasteiger partial charge in [-0.15, -0.1) is 0 Å². The summed E-state index contributed by atoms with van der Waals surface area (Å²) in [5.41, 5.74) is 3.55. The van der Waals surface area contributed by atoms with Gasteiger partial charge in [-0.1, -0.05) is 12.1 Å². The number of hydrogen-bond donors (Lipinski definition) is 1. The van der Waals surface area contributed by atoms with Crippen LogP contribution in [0.5, 0.6) is 0 Å². The average molecular weight is 286 g/mol. The van der Waals surface area contributed by atoms with Crippen LogP contribution in [0.2, 0.25) is 0 Å². The van der Waals surface area contributed by atoms with Crippen LogP contribution in [-0.2, 0) is 0 Å². The standard InChI is InChI=1S/C17H22N2S/c1-12-5-6-13-11-14(7-8-15(13)19-12)16(18-3)17(2)9-4-10-20-17/h5-8,11,16,18H,4,9-10H2,1-3H3. The molecule has 2 aromatic rings. The number of nitrogens with one attached hydrogen (secondary N) is 1. The molecule has 2 heterocycles. The zero-order chi connectivity index (χ0) is 14.2. The zero-order valence-electron chi connectivity index (χ0n) is 12.4. The Hall–Kier alpha value is -1.06. The van der Waals surface area contributed by atoms with Gasteiger partial charge >= 0.3 is 0 Å². The molecule has 1 aliphatic rings. The fraction of sp³-hybridized carbons (Fsp3) is 0.471. The van der Waals surface area contributed by atoms with Crippen molar-refractivity contribution in [2.45, 2.75) is 37.5 Å². The van der Waals surface area contributed by atoms with Gasteiger partial charge in [-0.25, -0.2) is 0 Å². The normalized spacial score (nSPS) is 24.1. The van der Waals surface area contributed by atoms with E-state index in [1.165, 1.54) is 29.5 Å². The first-order chi connectivity index (χ1) is 9.62. The maximum Gasteiger partial charge on any atom is 0.0705 e. The Morgan fingerprint density at radius 1 is 1.30 bits per heavy atom.